The fourth-order valence-corrected chi connectivity index (χ4v) is 3.01. The molecule has 1 fully saturated rings. The van der Waals surface area contributed by atoms with Crippen LogP contribution in [0, 0.1) is 5.82 Å². The van der Waals surface area contributed by atoms with Gasteiger partial charge in [0.1, 0.15) is 11.6 Å². The third kappa shape index (κ3) is 4.39. The second-order valence-corrected chi connectivity index (χ2v) is 6.32. The number of ether oxygens (including phenoxy) is 1. The van der Waals surface area contributed by atoms with Gasteiger partial charge in [-0.2, -0.15) is 0 Å². The highest BCUT2D eigenvalue weighted by Gasteiger charge is 2.30. The summed E-state index contributed by atoms with van der Waals surface area (Å²) in [5, 5.41) is 2.91. The fraction of sp³-hybridized carbons (Fsp3) is 0.300. The van der Waals surface area contributed by atoms with Crippen molar-refractivity contribution in [2.24, 2.45) is 0 Å². The van der Waals surface area contributed by atoms with Crippen molar-refractivity contribution in [2.45, 2.75) is 18.9 Å². The molecule has 1 heterocycles. The summed E-state index contributed by atoms with van der Waals surface area (Å²) in [5.74, 6) is 0.231. The number of hydrogen-bond donors (Lipinski definition) is 1. The number of amides is 2. The van der Waals surface area contributed by atoms with E-state index in [-0.39, 0.29) is 23.7 Å². The van der Waals surface area contributed by atoms with E-state index in [2.05, 4.69) is 5.32 Å². The summed E-state index contributed by atoms with van der Waals surface area (Å²) in [6, 6.07) is 12.9. The molecule has 1 unspecified atom stereocenters. The molecule has 6 heteroatoms. The Morgan fingerprint density at radius 1 is 1.19 bits per heavy atom. The molecule has 3 rings (SSSR count). The Hall–Kier alpha value is -2.89. The molecule has 2 aromatic rings. The molecule has 5 nitrogen and oxygen atoms in total. The lowest BCUT2D eigenvalue weighted by atomic mass is 10.1. The number of hydrogen-bond acceptors (Lipinski definition) is 3. The van der Waals surface area contributed by atoms with E-state index in [1.165, 1.54) is 12.1 Å². The van der Waals surface area contributed by atoms with Gasteiger partial charge in [-0.25, -0.2) is 4.39 Å². The zero-order valence-corrected chi connectivity index (χ0v) is 14.6. The van der Waals surface area contributed by atoms with Crippen molar-refractivity contribution in [2.75, 3.05) is 20.2 Å². The number of nitrogens with one attached hydrogen (secondary N) is 1. The minimum Gasteiger partial charge on any atom is -0.497 e. The highest BCUT2D eigenvalue weighted by Crippen LogP contribution is 2.15. The Bertz CT molecular complexity index is 775. The van der Waals surface area contributed by atoms with E-state index in [1.54, 1.807) is 48.4 Å². The summed E-state index contributed by atoms with van der Waals surface area (Å²) in [5.41, 5.74) is 1.51. The lowest BCUT2D eigenvalue weighted by Crippen LogP contribution is -2.37. The quantitative estimate of drug-likeness (QED) is 0.865. The minimum atomic E-state index is -0.271. The summed E-state index contributed by atoms with van der Waals surface area (Å²) in [7, 11) is 1.57. The number of carbonyl (C=O) groups excluding carboxylic acids is 2. The molecule has 1 N–H and O–H groups in total. The van der Waals surface area contributed by atoms with Gasteiger partial charge in [0.25, 0.3) is 5.91 Å². The zero-order chi connectivity index (χ0) is 18.5. The van der Waals surface area contributed by atoms with Crippen molar-refractivity contribution in [3.05, 3.63) is 65.5 Å². The molecule has 0 radical (unpaired) electrons. The van der Waals surface area contributed by atoms with E-state index < -0.39 is 0 Å². The predicted molar refractivity (Wildman–Crippen MR) is 95.5 cm³/mol. The number of likely N-dealkylation sites (tertiary alicyclic amines) is 1. The Morgan fingerprint density at radius 2 is 1.88 bits per heavy atom. The maximum atomic E-state index is 12.9. The molecule has 1 saturated heterocycles. The number of carbonyl (C=O) groups is 2. The average molecular weight is 356 g/mol. The number of methoxy groups -OCH3 is 1. The molecule has 26 heavy (non-hydrogen) atoms. The van der Waals surface area contributed by atoms with Crippen molar-refractivity contribution < 1.29 is 18.7 Å². The Morgan fingerprint density at radius 3 is 2.54 bits per heavy atom. The van der Waals surface area contributed by atoms with Crippen LogP contribution in [0.15, 0.2) is 48.5 Å². The van der Waals surface area contributed by atoms with Gasteiger partial charge < -0.3 is 15.0 Å². The number of rotatable bonds is 6. The SMILES string of the molecule is COc1ccc(C(=O)NC2CC(=O)N(CCc3ccc(F)cc3)C2)cc1. The first-order valence-corrected chi connectivity index (χ1v) is 8.52. The molecule has 0 aromatic heterocycles. The van der Waals surface area contributed by atoms with Gasteiger partial charge in [0.2, 0.25) is 5.91 Å². The van der Waals surface area contributed by atoms with Gasteiger partial charge in [0.05, 0.1) is 13.2 Å². The predicted octanol–water partition coefficient (Wildman–Crippen LogP) is 2.41. The van der Waals surface area contributed by atoms with Gasteiger partial charge in [0.15, 0.2) is 0 Å². The molecule has 0 aliphatic carbocycles. The lowest BCUT2D eigenvalue weighted by Gasteiger charge is -2.17. The largest absolute Gasteiger partial charge is 0.497 e. The second kappa shape index (κ2) is 7.99. The van der Waals surface area contributed by atoms with Gasteiger partial charge in [-0.15, -0.1) is 0 Å². The number of nitrogens with zero attached hydrogens (tertiary/aromatic N) is 1. The minimum absolute atomic E-state index is 0.0205. The van der Waals surface area contributed by atoms with E-state index in [0.717, 1.165) is 5.56 Å². The molecular weight excluding hydrogens is 335 g/mol. The lowest BCUT2D eigenvalue weighted by molar-refractivity contribution is -0.127. The van der Waals surface area contributed by atoms with E-state index in [0.29, 0.717) is 37.2 Å². The number of benzene rings is 2. The van der Waals surface area contributed by atoms with Gasteiger partial charge in [0, 0.05) is 25.1 Å². The normalized spacial score (nSPS) is 16.6. The van der Waals surface area contributed by atoms with E-state index in [1.807, 2.05) is 0 Å². The zero-order valence-electron chi connectivity index (χ0n) is 14.6. The highest BCUT2D eigenvalue weighted by molar-refractivity contribution is 5.95. The average Bonchev–Trinajstić information content (AvgIpc) is 3.00. The molecular formula is C20H21FN2O3. The van der Waals surface area contributed by atoms with E-state index >= 15 is 0 Å². The third-order valence-corrected chi connectivity index (χ3v) is 4.49. The van der Waals surface area contributed by atoms with Crippen LogP contribution in [0.1, 0.15) is 22.3 Å². The Labute approximate surface area is 151 Å². The van der Waals surface area contributed by atoms with Crippen molar-refractivity contribution in [3.63, 3.8) is 0 Å². The maximum Gasteiger partial charge on any atom is 0.251 e. The topological polar surface area (TPSA) is 58.6 Å². The first-order chi connectivity index (χ1) is 12.5. The molecule has 0 spiro atoms. The highest BCUT2D eigenvalue weighted by atomic mass is 19.1. The van der Waals surface area contributed by atoms with Crippen LogP contribution in [-0.4, -0.2) is 43.0 Å². The molecule has 2 aromatic carbocycles. The van der Waals surface area contributed by atoms with Crippen molar-refractivity contribution >= 4 is 11.8 Å². The van der Waals surface area contributed by atoms with Gasteiger partial charge in [-0.1, -0.05) is 12.1 Å². The Kier molecular flexibility index (Phi) is 5.51. The van der Waals surface area contributed by atoms with Crippen molar-refractivity contribution in [1.82, 2.24) is 10.2 Å². The first-order valence-electron chi connectivity index (χ1n) is 8.52. The van der Waals surface area contributed by atoms with Crippen LogP contribution in [0.5, 0.6) is 5.75 Å². The third-order valence-electron chi connectivity index (χ3n) is 4.49. The summed E-state index contributed by atoms with van der Waals surface area (Å²) in [4.78, 5) is 26.2. The van der Waals surface area contributed by atoms with Crippen molar-refractivity contribution in [3.8, 4) is 5.75 Å². The monoisotopic (exact) mass is 356 g/mol. The van der Waals surface area contributed by atoms with Gasteiger partial charge in [-0.3, -0.25) is 9.59 Å². The maximum absolute atomic E-state index is 12.9. The number of halogens is 1. The Balaban J connectivity index is 1.51. The van der Waals surface area contributed by atoms with E-state index in [4.69, 9.17) is 4.74 Å². The van der Waals surface area contributed by atoms with Crippen LogP contribution in [0.3, 0.4) is 0 Å². The summed E-state index contributed by atoms with van der Waals surface area (Å²) in [6.07, 6.45) is 0.955. The van der Waals surface area contributed by atoms with Gasteiger partial charge >= 0.3 is 0 Å². The molecule has 1 atom stereocenters. The van der Waals surface area contributed by atoms with Gasteiger partial charge in [-0.05, 0) is 48.4 Å². The van der Waals surface area contributed by atoms with Crippen LogP contribution in [0.4, 0.5) is 4.39 Å². The fourth-order valence-electron chi connectivity index (χ4n) is 3.01. The molecule has 0 bridgehead atoms. The molecule has 1 aliphatic rings. The standard InChI is InChI=1S/C20H21FN2O3/c1-26-18-8-4-15(5-9-18)20(25)22-17-12-19(24)23(13-17)11-10-14-2-6-16(21)7-3-14/h2-9,17H,10-13H2,1H3,(H,22,25). The second-order valence-electron chi connectivity index (χ2n) is 6.32. The van der Waals surface area contributed by atoms with Crippen molar-refractivity contribution in [1.29, 1.82) is 0 Å². The summed E-state index contributed by atoms with van der Waals surface area (Å²) >= 11 is 0. The molecule has 2 amide bonds. The molecule has 136 valence electrons. The molecule has 0 saturated carbocycles. The van der Waals surface area contributed by atoms with Crippen LogP contribution in [0.2, 0.25) is 0 Å². The summed E-state index contributed by atoms with van der Waals surface area (Å²) in [6.45, 7) is 1.04. The van der Waals surface area contributed by atoms with Crippen LogP contribution >= 0.6 is 0 Å². The van der Waals surface area contributed by atoms with E-state index in [9.17, 15) is 14.0 Å². The van der Waals surface area contributed by atoms with Crippen LogP contribution < -0.4 is 10.1 Å². The first kappa shape index (κ1) is 17.9. The molecule has 1 aliphatic heterocycles. The summed E-state index contributed by atoms with van der Waals surface area (Å²) < 4.78 is 18.0. The smallest absolute Gasteiger partial charge is 0.251 e. The van der Waals surface area contributed by atoms with Crippen LogP contribution in [-0.2, 0) is 11.2 Å². The van der Waals surface area contributed by atoms with Crippen LogP contribution in [0.25, 0.3) is 0 Å².